The van der Waals surface area contributed by atoms with E-state index < -0.39 is 0 Å². The molecule has 1 saturated heterocycles. The molecule has 1 aliphatic heterocycles. The summed E-state index contributed by atoms with van der Waals surface area (Å²) in [6.45, 7) is 8.07. The number of nitrogens with zero attached hydrogens (tertiary/aromatic N) is 3. The fourth-order valence-corrected chi connectivity index (χ4v) is 3.50. The van der Waals surface area contributed by atoms with Gasteiger partial charge in [-0.2, -0.15) is 0 Å². The molecule has 0 spiro atoms. The normalized spacial score (nSPS) is 15.8. The molecule has 1 aliphatic rings. The summed E-state index contributed by atoms with van der Waals surface area (Å²) >= 11 is 0. The Morgan fingerprint density at radius 1 is 1.07 bits per heavy atom. The molecular weight excluding hydrogens is 350 g/mol. The van der Waals surface area contributed by atoms with E-state index in [4.69, 9.17) is 4.74 Å². The maximum Gasteiger partial charge on any atom is 0.191 e. The Hall–Kier alpha value is -1.63. The zero-order valence-corrected chi connectivity index (χ0v) is 18.0. The number of hydrogen-bond acceptors (Lipinski definition) is 4. The molecule has 0 saturated carbocycles. The first kappa shape index (κ1) is 22.7. The van der Waals surface area contributed by atoms with Gasteiger partial charge in [-0.05, 0) is 50.5 Å². The van der Waals surface area contributed by atoms with Gasteiger partial charge in [0.2, 0.25) is 0 Å². The first-order chi connectivity index (χ1) is 13.7. The number of likely N-dealkylation sites (tertiary alicyclic amines) is 1. The molecule has 1 fully saturated rings. The summed E-state index contributed by atoms with van der Waals surface area (Å²) in [4.78, 5) is 9.19. The minimum absolute atomic E-state index is 0.785. The van der Waals surface area contributed by atoms with Crippen molar-refractivity contribution in [3.63, 3.8) is 0 Å². The number of nitrogens with one attached hydrogen (secondary N) is 2. The molecule has 0 unspecified atom stereocenters. The summed E-state index contributed by atoms with van der Waals surface area (Å²) in [7, 11) is 5.71. The third-order valence-electron chi connectivity index (χ3n) is 5.24. The standard InChI is InChI=1S/C22H39N5O/c1-23-22(24-12-16-26(2)13-7-17-28-3)25-18-20-8-10-21(11-9-20)19-27-14-5-4-6-15-27/h8-11H,4-7,12-19H2,1-3H3,(H2,23,24,25). The lowest BCUT2D eigenvalue weighted by molar-refractivity contribution is 0.180. The third-order valence-corrected chi connectivity index (χ3v) is 5.24. The van der Waals surface area contributed by atoms with Gasteiger partial charge in [0.15, 0.2) is 5.96 Å². The molecule has 6 heteroatoms. The van der Waals surface area contributed by atoms with Gasteiger partial charge in [0, 0.05) is 53.5 Å². The van der Waals surface area contributed by atoms with Gasteiger partial charge in [-0.1, -0.05) is 30.7 Å². The minimum Gasteiger partial charge on any atom is -0.385 e. The maximum atomic E-state index is 5.10. The van der Waals surface area contributed by atoms with Gasteiger partial charge in [0.05, 0.1) is 0 Å². The Morgan fingerprint density at radius 3 is 2.46 bits per heavy atom. The van der Waals surface area contributed by atoms with E-state index in [1.54, 1.807) is 7.11 Å². The van der Waals surface area contributed by atoms with Gasteiger partial charge >= 0.3 is 0 Å². The molecule has 2 N–H and O–H groups in total. The van der Waals surface area contributed by atoms with Crippen LogP contribution in [0.3, 0.4) is 0 Å². The van der Waals surface area contributed by atoms with E-state index >= 15 is 0 Å². The van der Waals surface area contributed by atoms with Crippen LogP contribution in [0.1, 0.15) is 36.8 Å². The van der Waals surface area contributed by atoms with Crippen molar-refractivity contribution < 1.29 is 4.74 Å². The van der Waals surface area contributed by atoms with Crippen molar-refractivity contribution in [1.29, 1.82) is 0 Å². The number of rotatable bonds is 11. The van der Waals surface area contributed by atoms with Crippen molar-refractivity contribution in [2.24, 2.45) is 4.99 Å². The van der Waals surface area contributed by atoms with Crippen LogP contribution in [0, 0.1) is 0 Å². The Balaban J connectivity index is 1.65. The molecule has 0 radical (unpaired) electrons. The van der Waals surface area contributed by atoms with Crippen LogP contribution in [0.5, 0.6) is 0 Å². The zero-order valence-electron chi connectivity index (χ0n) is 18.0. The highest BCUT2D eigenvalue weighted by atomic mass is 16.5. The predicted molar refractivity (Wildman–Crippen MR) is 118 cm³/mol. The molecule has 6 nitrogen and oxygen atoms in total. The third kappa shape index (κ3) is 9.04. The number of methoxy groups -OCH3 is 1. The lowest BCUT2D eigenvalue weighted by atomic mass is 10.1. The Bertz CT molecular complexity index is 555. The van der Waals surface area contributed by atoms with Gasteiger partial charge in [-0.25, -0.2) is 0 Å². The van der Waals surface area contributed by atoms with Crippen LogP contribution in [0.15, 0.2) is 29.3 Å². The molecule has 2 rings (SSSR count). The van der Waals surface area contributed by atoms with E-state index in [1.165, 1.54) is 43.5 Å². The molecule has 1 heterocycles. The van der Waals surface area contributed by atoms with E-state index in [2.05, 4.69) is 56.7 Å². The lowest BCUT2D eigenvalue weighted by Gasteiger charge is -2.26. The average Bonchev–Trinajstić information content (AvgIpc) is 2.72. The van der Waals surface area contributed by atoms with Crippen LogP contribution >= 0.6 is 0 Å². The molecule has 1 aromatic rings. The van der Waals surface area contributed by atoms with Crippen molar-refractivity contribution in [3.8, 4) is 0 Å². The highest BCUT2D eigenvalue weighted by Gasteiger charge is 2.10. The number of piperidine rings is 1. The Labute approximate surface area is 171 Å². The number of hydrogen-bond donors (Lipinski definition) is 2. The SMILES string of the molecule is CN=C(NCCN(C)CCCOC)NCc1ccc(CN2CCCCC2)cc1. The van der Waals surface area contributed by atoms with Crippen LogP contribution in [0.4, 0.5) is 0 Å². The number of ether oxygens (including phenoxy) is 1. The fourth-order valence-electron chi connectivity index (χ4n) is 3.50. The smallest absolute Gasteiger partial charge is 0.191 e. The first-order valence-corrected chi connectivity index (χ1v) is 10.6. The molecule has 0 aromatic heterocycles. The van der Waals surface area contributed by atoms with Crippen molar-refractivity contribution in [3.05, 3.63) is 35.4 Å². The van der Waals surface area contributed by atoms with Gasteiger partial charge in [0.25, 0.3) is 0 Å². The molecule has 1 aromatic carbocycles. The first-order valence-electron chi connectivity index (χ1n) is 10.6. The van der Waals surface area contributed by atoms with Crippen LogP contribution in [0.2, 0.25) is 0 Å². The highest BCUT2D eigenvalue weighted by molar-refractivity contribution is 5.79. The highest BCUT2D eigenvalue weighted by Crippen LogP contribution is 2.13. The molecular formula is C22H39N5O. The molecule has 0 aliphatic carbocycles. The second-order valence-electron chi connectivity index (χ2n) is 7.66. The zero-order chi connectivity index (χ0) is 20.0. The summed E-state index contributed by atoms with van der Waals surface area (Å²) in [5.41, 5.74) is 2.69. The number of likely N-dealkylation sites (N-methyl/N-ethyl adjacent to an activating group) is 1. The molecule has 0 atom stereocenters. The van der Waals surface area contributed by atoms with Gasteiger partial charge in [-0.3, -0.25) is 9.89 Å². The summed E-state index contributed by atoms with van der Waals surface area (Å²) in [6.07, 6.45) is 5.14. The van der Waals surface area contributed by atoms with E-state index in [-0.39, 0.29) is 0 Å². The van der Waals surface area contributed by atoms with Crippen LogP contribution < -0.4 is 10.6 Å². The lowest BCUT2D eigenvalue weighted by Crippen LogP contribution is -2.40. The quantitative estimate of drug-likeness (QED) is 0.346. The van der Waals surface area contributed by atoms with E-state index in [0.29, 0.717) is 0 Å². The summed E-state index contributed by atoms with van der Waals surface area (Å²) in [5, 5.41) is 6.79. The second kappa shape index (κ2) is 13.5. The van der Waals surface area contributed by atoms with Crippen LogP contribution in [-0.4, -0.2) is 76.3 Å². The van der Waals surface area contributed by atoms with E-state index in [1.807, 2.05) is 7.05 Å². The second-order valence-corrected chi connectivity index (χ2v) is 7.66. The van der Waals surface area contributed by atoms with Crippen molar-refractivity contribution in [2.75, 3.05) is 60.5 Å². The number of guanidine groups is 1. The molecule has 158 valence electrons. The van der Waals surface area contributed by atoms with Crippen LogP contribution in [-0.2, 0) is 17.8 Å². The summed E-state index contributed by atoms with van der Waals surface area (Å²) < 4.78 is 5.10. The largest absolute Gasteiger partial charge is 0.385 e. The van der Waals surface area contributed by atoms with Gasteiger partial charge in [-0.15, -0.1) is 0 Å². The van der Waals surface area contributed by atoms with E-state index in [9.17, 15) is 0 Å². The molecule has 0 amide bonds. The van der Waals surface area contributed by atoms with E-state index in [0.717, 1.165) is 51.7 Å². The Morgan fingerprint density at radius 2 is 1.79 bits per heavy atom. The predicted octanol–water partition coefficient (Wildman–Crippen LogP) is 2.31. The van der Waals surface area contributed by atoms with Crippen molar-refractivity contribution in [2.45, 2.75) is 38.8 Å². The van der Waals surface area contributed by atoms with Crippen molar-refractivity contribution in [1.82, 2.24) is 20.4 Å². The van der Waals surface area contributed by atoms with Crippen LogP contribution in [0.25, 0.3) is 0 Å². The monoisotopic (exact) mass is 389 g/mol. The Kier molecular flexibility index (Phi) is 10.9. The topological polar surface area (TPSA) is 52.1 Å². The summed E-state index contributed by atoms with van der Waals surface area (Å²) in [6, 6.07) is 8.97. The fraction of sp³-hybridized carbons (Fsp3) is 0.682. The maximum absolute atomic E-state index is 5.10. The number of aliphatic imine (C=N–C) groups is 1. The summed E-state index contributed by atoms with van der Waals surface area (Å²) in [5.74, 6) is 0.850. The number of benzene rings is 1. The average molecular weight is 390 g/mol. The molecule has 28 heavy (non-hydrogen) atoms. The molecule has 0 bridgehead atoms. The van der Waals surface area contributed by atoms with Gasteiger partial charge < -0.3 is 20.3 Å². The van der Waals surface area contributed by atoms with Crippen molar-refractivity contribution >= 4 is 5.96 Å². The van der Waals surface area contributed by atoms with Gasteiger partial charge in [0.1, 0.15) is 0 Å². The minimum atomic E-state index is 0.785.